The number of nitrogens with one attached hydrogen (secondary N) is 1. The molecule has 7 nitrogen and oxygen atoms in total. The highest BCUT2D eigenvalue weighted by molar-refractivity contribution is 5.86. The molecule has 0 radical (unpaired) electrons. The van der Waals surface area contributed by atoms with Crippen molar-refractivity contribution < 1.29 is 24.2 Å². The van der Waals surface area contributed by atoms with Gasteiger partial charge in [0.25, 0.3) is 0 Å². The second-order valence-corrected chi connectivity index (χ2v) is 7.68. The average molecular weight is 445 g/mol. The molecule has 0 heterocycles. The van der Waals surface area contributed by atoms with Crippen molar-refractivity contribution in [1.29, 1.82) is 0 Å². The minimum absolute atomic E-state index is 0.000406. The number of aliphatic hydroxyl groups excluding tert-OH is 1. The topological polar surface area (TPSA) is 95.9 Å². The van der Waals surface area contributed by atoms with E-state index in [-0.39, 0.29) is 43.9 Å². The van der Waals surface area contributed by atoms with Gasteiger partial charge in [-0.25, -0.2) is 0 Å². The summed E-state index contributed by atoms with van der Waals surface area (Å²) in [6.45, 7) is 9.57. The van der Waals surface area contributed by atoms with Crippen LogP contribution in [0.25, 0.3) is 0 Å². The van der Waals surface area contributed by atoms with Crippen molar-refractivity contribution in [3.05, 3.63) is 61.2 Å². The zero-order valence-corrected chi connectivity index (χ0v) is 19.0. The summed E-state index contributed by atoms with van der Waals surface area (Å²) in [6.07, 6.45) is 4.95. The number of benzene rings is 1. The number of carbonyl (C=O) groups is 3. The zero-order valence-electron chi connectivity index (χ0n) is 19.0. The number of nitrogens with zero attached hydrogens (tertiary/aromatic N) is 1. The molecule has 0 spiro atoms. The Balaban J connectivity index is 2.60. The first-order valence-corrected chi connectivity index (χ1v) is 11.0. The zero-order chi connectivity index (χ0) is 23.8. The summed E-state index contributed by atoms with van der Waals surface area (Å²) >= 11 is 0. The number of allylic oxidation sites excluding steroid dienone is 2. The second kappa shape index (κ2) is 15.8. The highest BCUT2D eigenvalue weighted by atomic mass is 16.5. The number of hydrogen-bond acceptors (Lipinski definition) is 5. The summed E-state index contributed by atoms with van der Waals surface area (Å²) in [5.74, 6) is -1.41. The quantitative estimate of drug-likeness (QED) is 0.232. The summed E-state index contributed by atoms with van der Waals surface area (Å²) in [5, 5.41) is 12.1. The third-order valence-electron chi connectivity index (χ3n) is 4.87. The molecule has 7 heteroatoms. The number of ether oxygens (including phenoxy) is 1. The molecule has 32 heavy (non-hydrogen) atoms. The van der Waals surface area contributed by atoms with Crippen molar-refractivity contribution in [2.75, 3.05) is 19.7 Å². The van der Waals surface area contributed by atoms with Gasteiger partial charge in [0.2, 0.25) is 11.8 Å². The molecule has 0 saturated heterocycles. The van der Waals surface area contributed by atoms with Crippen LogP contribution in [0.1, 0.15) is 44.6 Å². The molecule has 0 bridgehead atoms. The van der Waals surface area contributed by atoms with E-state index >= 15 is 0 Å². The number of aliphatic hydroxyl groups is 1. The Morgan fingerprint density at radius 1 is 1.19 bits per heavy atom. The lowest BCUT2D eigenvalue weighted by Crippen LogP contribution is -2.40. The van der Waals surface area contributed by atoms with E-state index in [1.54, 1.807) is 24.0 Å². The van der Waals surface area contributed by atoms with Crippen LogP contribution >= 0.6 is 0 Å². The van der Waals surface area contributed by atoms with E-state index in [1.165, 1.54) is 0 Å². The molecule has 0 aromatic heterocycles. The van der Waals surface area contributed by atoms with Crippen LogP contribution in [0.5, 0.6) is 0 Å². The van der Waals surface area contributed by atoms with Crippen LogP contribution in [-0.2, 0) is 25.7 Å². The minimum Gasteiger partial charge on any atom is -0.461 e. The highest BCUT2D eigenvalue weighted by Crippen LogP contribution is 2.14. The van der Waals surface area contributed by atoms with E-state index in [0.29, 0.717) is 25.8 Å². The first-order valence-electron chi connectivity index (χ1n) is 11.0. The van der Waals surface area contributed by atoms with Crippen molar-refractivity contribution in [2.24, 2.45) is 5.92 Å². The van der Waals surface area contributed by atoms with E-state index < -0.39 is 12.0 Å². The van der Waals surface area contributed by atoms with Gasteiger partial charge >= 0.3 is 5.97 Å². The fourth-order valence-electron chi connectivity index (χ4n) is 3.14. The lowest BCUT2D eigenvalue weighted by Gasteiger charge is -2.24. The predicted octanol–water partition coefficient (Wildman–Crippen LogP) is 2.99. The third kappa shape index (κ3) is 10.9. The van der Waals surface area contributed by atoms with Gasteiger partial charge in [-0.2, -0.15) is 0 Å². The Hall–Kier alpha value is -2.93. The maximum Gasteiger partial charge on any atom is 0.306 e. The molecule has 2 N–H and O–H groups in total. The molecule has 0 fully saturated rings. The van der Waals surface area contributed by atoms with Gasteiger partial charge in [0.15, 0.2) is 0 Å². The van der Waals surface area contributed by atoms with Crippen LogP contribution in [0.4, 0.5) is 0 Å². The maximum atomic E-state index is 12.9. The molecule has 1 rings (SSSR count). The lowest BCUT2D eigenvalue weighted by atomic mass is 9.99. The van der Waals surface area contributed by atoms with Crippen molar-refractivity contribution in [3.63, 3.8) is 0 Å². The molecule has 1 aromatic rings. The van der Waals surface area contributed by atoms with E-state index in [1.807, 2.05) is 30.3 Å². The van der Waals surface area contributed by atoms with Crippen molar-refractivity contribution >= 4 is 17.8 Å². The molecule has 0 aliphatic heterocycles. The van der Waals surface area contributed by atoms with Gasteiger partial charge in [0.1, 0.15) is 6.10 Å². The number of hydrogen-bond donors (Lipinski definition) is 2. The fourth-order valence-corrected chi connectivity index (χ4v) is 3.14. The summed E-state index contributed by atoms with van der Waals surface area (Å²) < 4.78 is 5.29. The first kappa shape index (κ1) is 27.1. The van der Waals surface area contributed by atoms with Crippen LogP contribution in [0.3, 0.4) is 0 Å². The summed E-state index contributed by atoms with van der Waals surface area (Å²) in [4.78, 5) is 38.9. The summed E-state index contributed by atoms with van der Waals surface area (Å²) in [5.41, 5.74) is 0.947. The Labute approximate surface area is 191 Å². The molecule has 0 aliphatic rings. The first-order chi connectivity index (χ1) is 15.4. The van der Waals surface area contributed by atoms with Crippen LogP contribution in [-0.4, -0.2) is 53.6 Å². The van der Waals surface area contributed by atoms with Gasteiger partial charge in [-0.05, 0) is 31.7 Å². The SMILES string of the molecule is C=CCCCC(=O)O[C@@H](C)CNC(=O)[C@H](CC=C)CC(=O)N(CCO)Cc1ccccc1. The van der Waals surface area contributed by atoms with E-state index in [9.17, 15) is 19.5 Å². The Bertz CT molecular complexity index is 735. The molecule has 2 amide bonds. The molecule has 176 valence electrons. The highest BCUT2D eigenvalue weighted by Gasteiger charge is 2.24. The van der Waals surface area contributed by atoms with Gasteiger partial charge in [0, 0.05) is 25.9 Å². The molecule has 0 unspecified atom stereocenters. The number of esters is 1. The fraction of sp³-hybridized carbons (Fsp3) is 0.480. The Morgan fingerprint density at radius 2 is 1.91 bits per heavy atom. The van der Waals surface area contributed by atoms with Crippen molar-refractivity contribution in [1.82, 2.24) is 10.2 Å². The Kier molecular flexibility index (Phi) is 13.4. The van der Waals surface area contributed by atoms with Crippen LogP contribution in [0.2, 0.25) is 0 Å². The van der Waals surface area contributed by atoms with Gasteiger partial charge in [-0.3, -0.25) is 14.4 Å². The van der Waals surface area contributed by atoms with E-state index in [0.717, 1.165) is 12.0 Å². The largest absolute Gasteiger partial charge is 0.461 e. The maximum absolute atomic E-state index is 12.9. The summed E-state index contributed by atoms with van der Waals surface area (Å²) in [6, 6.07) is 9.49. The Morgan fingerprint density at radius 3 is 2.53 bits per heavy atom. The normalized spacial score (nSPS) is 12.3. The van der Waals surface area contributed by atoms with E-state index in [2.05, 4.69) is 18.5 Å². The van der Waals surface area contributed by atoms with Crippen molar-refractivity contribution in [3.8, 4) is 0 Å². The van der Waals surface area contributed by atoms with Crippen LogP contribution in [0, 0.1) is 5.92 Å². The standard InChI is InChI=1S/C25H36N2O5/c1-4-6-8-14-24(30)32-20(3)18-26-25(31)22(11-5-2)17-23(29)27(15-16-28)19-21-12-9-7-10-13-21/h4-5,7,9-10,12-13,20,22,28H,1-2,6,8,11,14-19H2,3H3,(H,26,31)/t20-,22+/m0/s1. The molecular weight excluding hydrogens is 408 g/mol. The number of carbonyl (C=O) groups excluding carboxylic acids is 3. The number of unbranched alkanes of at least 4 members (excludes halogenated alkanes) is 1. The predicted molar refractivity (Wildman–Crippen MR) is 124 cm³/mol. The third-order valence-corrected chi connectivity index (χ3v) is 4.87. The average Bonchev–Trinajstić information content (AvgIpc) is 2.77. The second-order valence-electron chi connectivity index (χ2n) is 7.68. The smallest absolute Gasteiger partial charge is 0.306 e. The molecular formula is C25H36N2O5. The molecule has 2 atom stereocenters. The summed E-state index contributed by atoms with van der Waals surface area (Å²) in [7, 11) is 0. The lowest BCUT2D eigenvalue weighted by molar-refractivity contribution is -0.148. The van der Waals surface area contributed by atoms with Gasteiger partial charge < -0.3 is 20.1 Å². The van der Waals surface area contributed by atoms with Crippen LogP contribution < -0.4 is 5.32 Å². The molecule has 0 aliphatic carbocycles. The van der Waals surface area contributed by atoms with Gasteiger partial charge in [0.05, 0.1) is 19.1 Å². The number of rotatable bonds is 16. The number of amides is 2. The van der Waals surface area contributed by atoms with E-state index in [4.69, 9.17) is 4.74 Å². The molecule has 1 aromatic carbocycles. The minimum atomic E-state index is -0.590. The van der Waals surface area contributed by atoms with Gasteiger partial charge in [-0.15, -0.1) is 13.2 Å². The van der Waals surface area contributed by atoms with Crippen molar-refractivity contribution in [2.45, 2.75) is 51.7 Å². The van der Waals surface area contributed by atoms with Crippen LogP contribution in [0.15, 0.2) is 55.6 Å². The molecule has 0 saturated carbocycles. The monoisotopic (exact) mass is 444 g/mol. The van der Waals surface area contributed by atoms with Gasteiger partial charge in [-0.1, -0.05) is 42.5 Å².